The summed E-state index contributed by atoms with van der Waals surface area (Å²) in [6.07, 6.45) is 1.25. The standard InChI is InChI=1S/C13H23N3S/c1-4-10(2)13-7-16(11(3)5-14-13)6-12-8-17-9-15-12/h8-11,13-14H,4-7H2,1-3H3. The maximum Gasteiger partial charge on any atom is 0.0795 e. The highest BCUT2D eigenvalue weighted by atomic mass is 32.1. The van der Waals surface area contributed by atoms with Crippen LogP contribution in [0.3, 0.4) is 0 Å². The second-order valence-corrected chi connectivity index (χ2v) is 5.88. The van der Waals surface area contributed by atoms with E-state index in [1.165, 1.54) is 12.1 Å². The molecular weight excluding hydrogens is 230 g/mol. The molecule has 1 aromatic heterocycles. The Morgan fingerprint density at radius 2 is 2.47 bits per heavy atom. The van der Waals surface area contributed by atoms with E-state index in [0.717, 1.165) is 25.6 Å². The summed E-state index contributed by atoms with van der Waals surface area (Å²) in [5, 5.41) is 5.83. The highest BCUT2D eigenvalue weighted by molar-refractivity contribution is 7.07. The molecule has 1 aliphatic heterocycles. The molecule has 0 aromatic carbocycles. The van der Waals surface area contributed by atoms with Gasteiger partial charge in [0, 0.05) is 37.1 Å². The highest BCUT2D eigenvalue weighted by Crippen LogP contribution is 2.17. The molecule has 4 heteroatoms. The van der Waals surface area contributed by atoms with Crippen LogP contribution in [0.1, 0.15) is 32.9 Å². The Morgan fingerprint density at radius 3 is 3.12 bits per heavy atom. The van der Waals surface area contributed by atoms with Crippen LogP contribution in [0.4, 0.5) is 0 Å². The van der Waals surface area contributed by atoms with Crippen LogP contribution in [0.15, 0.2) is 10.9 Å². The minimum atomic E-state index is 0.608. The normalized spacial score (nSPS) is 28.2. The fraction of sp³-hybridized carbons (Fsp3) is 0.769. The van der Waals surface area contributed by atoms with Crippen molar-refractivity contribution in [3.63, 3.8) is 0 Å². The number of piperazine rings is 1. The Balaban J connectivity index is 1.95. The van der Waals surface area contributed by atoms with E-state index in [-0.39, 0.29) is 0 Å². The predicted molar refractivity (Wildman–Crippen MR) is 73.2 cm³/mol. The zero-order valence-electron chi connectivity index (χ0n) is 11.0. The molecule has 0 aliphatic carbocycles. The number of hydrogen-bond acceptors (Lipinski definition) is 4. The molecule has 1 saturated heterocycles. The van der Waals surface area contributed by atoms with Gasteiger partial charge in [-0.05, 0) is 12.8 Å². The second-order valence-electron chi connectivity index (χ2n) is 5.16. The van der Waals surface area contributed by atoms with Gasteiger partial charge in [-0.25, -0.2) is 4.98 Å². The lowest BCUT2D eigenvalue weighted by Crippen LogP contribution is -2.56. The van der Waals surface area contributed by atoms with E-state index in [4.69, 9.17) is 0 Å². The van der Waals surface area contributed by atoms with Gasteiger partial charge in [-0.2, -0.15) is 0 Å². The summed E-state index contributed by atoms with van der Waals surface area (Å²) in [4.78, 5) is 6.95. The molecule has 1 aromatic rings. The van der Waals surface area contributed by atoms with E-state index in [9.17, 15) is 0 Å². The SMILES string of the molecule is CCC(C)C1CN(Cc2cscn2)C(C)CN1. The Labute approximate surface area is 108 Å². The first-order valence-corrected chi connectivity index (χ1v) is 7.49. The van der Waals surface area contributed by atoms with Crippen LogP contribution < -0.4 is 5.32 Å². The Bertz CT molecular complexity index is 325. The van der Waals surface area contributed by atoms with Crippen LogP contribution >= 0.6 is 11.3 Å². The second kappa shape index (κ2) is 5.94. The van der Waals surface area contributed by atoms with Crippen LogP contribution in [0.25, 0.3) is 0 Å². The number of hydrogen-bond donors (Lipinski definition) is 1. The summed E-state index contributed by atoms with van der Waals surface area (Å²) < 4.78 is 0. The van der Waals surface area contributed by atoms with Gasteiger partial charge in [0.05, 0.1) is 11.2 Å². The van der Waals surface area contributed by atoms with Gasteiger partial charge in [0.25, 0.3) is 0 Å². The van der Waals surface area contributed by atoms with Gasteiger partial charge in [0.15, 0.2) is 0 Å². The molecule has 0 saturated carbocycles. The molecule has 3 nitrogen and oxygen atoms in total. The number of aromatic nitrogens is 1. The van der Waals surface area contributed by atoms with Gasteiger partial charge in [-0.3, -0.25) is 4.90 Å². The van der Waals surface area contributed by atoms with E-state index in [1.807, 2.05) is 5.51 Å². The lowest BCUT2D eigenvalue weighted by atomic mass is 9.95. The summed E-state index contributed by atoms with van der Waals surface area (Å²) in [6, 6.07) is 1.24. The van der Waals surface area contributed by atoms with Crippen molar-refractivity contribution < 1.29 is 0 Å². The quantitative estimate of drug-likeness (QED) is 0.893. The molecule has 3 atom stereocenters. The minimum absolute atomic E-state index is 0.608. The van der Waals surface area contributed by atoms with Crippen molar-refractivity contribution in [2.75, 3.05) is 13.1 Å². The van der Waals surface area contributed by atoms with Gasteiger partial charge in [0.1, 0.15) is 0 Å². The zero-order chi connectivity index (χ0) is 12.3. The van der Waals surface area contributed by atoms with Gasteiger partial charge < -0.3 is 5.32 Å². The van der Waals surface area contributed by atoms with Crippen molar-refractivity contribution in [1.82, 2.24) is 15.2 Å². The van der Waals surface area contributed by atoms with Gasteiger partial charge in [0.2, 0.25) is 0 Å². The van der Waals surface area contributed by atoms with Crippen LogP contribution in [0, 0.1) is 5.92 Å². The Kier molecular flexibility index (Phi) is 4.54. The molecule has 96 valence electrons. The molecule has 0 radical (unpaired) electrons. The van der Waals surface area contributed by atoms with Crippen LogP contribution in [0.2, 0.25) is 0 Å². The van der Waals surface area contributed by atoms with Crippen molar-refractivity contribution in [3.05, 3.63) is 16.6 Å². The average molecular weight is 253 g/mol. The lowest BCUT2D eigenvalue weighted by Gasteiger charge is -2.40. The van der Waals surface area contributed by atoms with E-state index in [0.29, 0.717) is 12.1 Å². The molecule has 1 fully saturated rings. The highest BCUT2D eigenvalue weighted by Gasteiger charge is 2.27. The first-order valence-electron chi connectivity index (χ1n) is 6.55. The van der Waals surface area contributed by atoms with Gasteiger partial charge >= 0.3 is 0 Å². The van der Waals surface area contributed by atoms with Crippen molar-refractivity contribution in [1.29, 1.82) is 0 Å². The molecule has 2 rings (SSSR count). The van der Waals surface area contributed by atoms with Crippen molar-refractivity contribution in [2.45, 2.75) is 45.8 Å². The van der Waals surface area contributed by atoms with Gasteiger partial charge in [-0.15, -0.1) is 11.3 Å². The van der Waals surface area contributed by atoms with Crippen molar-refractivity contribution in [3.8, 4) is 0 Å². The number of nitrogens with zero attached hydrogens (tertiary/aromatic N) is 2. The van der Waals surface area contributed by atoms with E-state index >= 15 is 0 Å². The summed E-state index contributed by atoms with van der Waals surface area (Å²) in [5.41, 5.74) is 3.14. The third-order valence-electron chi connectivity index (χ3n) is 3.91. The van der Waals surface area contributed by atoms with E-state index < -0.39 is 0 Å². The largest absolute Gasteiger partial charge is 0.311 e. The average Bonchev–Trinajstić information content (AvgIpc) is 2.84. The molecular formula is C13H23N3S. The Hall–Kier alpha value is -0.450. The molecule has 1 aliphatic rings. The van der Waals surface area contributed by atoms with Gasteiger partial charge in [-0.1, -0.05) is 20.3 Å². The third kappa shape index (κ3) is 3.27. The van der Waals surface area contributed by atoms with E-state index in [2.05, 4.69) is 41.4 Å². The van der Waals surface area contributed by atoms with Crippen molar-refractivity contribution in [2.24, 2.45) is 5.92 Å². The first kappa shape index (κ1) is 13.0. The van der Waals surface area contributed by atoms with Crippen LogP contribution in [0.5, 0.6) is 0 Å². The molecule has 17 heavy (non-hydrogen) atoms. The third-order valence-corrected chi connectivity index (χ3v) is 4.54. The summed E-state index contributed by atoms with van der Waals surface area (Å²) in [7, 11) is 0. The lowest BCUT2D eigenvalue weighted by molar-refractivity contribution is 0.111. The first-order chi connectivity index (χ1) is 8.20. The monoisotopic (exact) mass is 253 g/mol. The smallest absolute Gasteiger partial charge is 0.0795 e. The summed E-state index contributed by atoms with van der Waals surface area (Å²) in [5.74, 6) is 0.750. The van der Waals surface area contributed by atoms with Crippen molar-refractivity contribution >= 4 is 11.3 Å². The zero-order valence-corrected chi connectivity index (χ0v) is 11.8. The molecule has 0 spiro atoms. The molecule has 3 unspecified atom stereocenters. The topological polar surface area (TPSA) is 28.2 Å². The fourth-order valence-electron chi connectivity index (χ4n) is 2.36. The summed E-state index contributed by atoms with van der Waals surface area (Å²) in [6.45, 7) is 10.2. The molecule has 1 N–H and O–H groups in total. The number of thiazole rings is 1. The van der Waals surface area contributed by atoms with E-state index in [1.54, 1.807) is 11.3 Å². The molecule has 0 bridgehead atoms. The fourth-order valence-corrected chi connectivity index (χ4v) is 2.91. The molecule has 2 heterocycles. The number of rotatable bonds is 4. The van der Waals surface area contributed by atoms with Crippen LogP contribution in [-0.4, -0.2) is 35.1 Å². The maximum absolute atomic E-state index is 4.39. The maximum atomic E-state index is 4.39. The molecule has 0 amide bonds. The Morgan fingerprint density at radius 1 is 1.65 bits per heavy atom. The summed E-state index contributed by atoms with van der Waals surface area (Å²) >= 11 is 1.69. The number of nitrogens with one attached hydrogen (secondary N) is 1. The minimum Gasteiger partial charge on any atom is -0.311 e. The van der Waals surface area contributed by atoms with Crippen LogP contribution in [-0.2, 0) is 6.54 Å². The predicted octanol–water partition coefficient (Wildman–Crippen LogP) is 2.35.